The molecular formula is C10H6N8OS. The van der Waals surface area contributed by atoms with Gasteiger partial charge in [-0.1, -0.05) is 0 Å². The predicted molar refractivity (Wildman–Crippen MR) is 71.2 cm³/mol. The monoisotopic (exact) mass is 286 g/mol. The molecule has 0 saturated carbocycles. The van der Waals surface area contributed by atoms with Crippen molar-refractivity contribution in [3.63, 3.8) is 0 Å². The van der Waals surface area contributed by atoms with Crippen LogP contribution in [-0.4, -0.2) is 19.6 Å². The Hall–Kier alpha value is -3.06. The highest BCUT2D eigenvalue weighted by atomic mass is 32.1. The molecule has 0 radical (unpaired) electrons. The Kier molecular flexibility index (Phi) is 2.73. The van der Waals surface area contributed by atoms with Crippen molar-refractivity contribution in [1.29, 1.82) is 5.26 Å². The molecule has 0 unspecified atom stereocenters. The zero-order chi connectivity index (χ0) is 14.1. The van der Waals surface area contributed by atoms with Gasteiger partial charge in [-0.15, -0.1) is 21.6 Å². The molecule has 20 heavy (non-hydrogen) atoms. The molecular weight excluding hydrogens is 280 g/mol. The summed E-state index contributed by atoms with van der Waals surface area (Å²) in [6.45, 7) is 0. The topological polar surface area (TPSA) is 138 Å². The second-order valence-corrected chi connectivity index (χ2v) is 4.51. The van der Waals surface area contributed by atoms with Crippen LogP contribution in [0.4, 0.5) is 16.6 Å². The van der Waals surface area contributed by atoms with Crippen LogP contribution in [0.2, 0.25) is 0 Å². The van der Waals surface area contributed by atoms with E-state index in [4.69, 9.17) is 11.0 Å². The molecule has 3 heterocycles. The van der Waals surface area contributed by atoms with E-state index < -0.39 is 5.56 Å². The lowest BCUT2D eigenvalue weighted by molar-refractivity contribution is 0.898. The first-order valence-corrected chi connectivity index (χ1v) is 6.19. The zero-order valence-electron chi connectivity index (χ0n) is 9.81. The number of rotatable bonds is 2. The van der Waals surface area contributed by atoms with E-state index in [9.17, 15) is 4.79 Å². The summed E-state index contributed by atoms with van der Waals surface area (Å²) in [4.78, 5) is 19.8. The molecule has 3 N–H and O–H groups in total. The van der Waals surface area contributed by atoms with Crippen molar-refractivity contribution in [2.24, 2.45) is 10.2 Å². The largest absolute Gasteiger partial charge is 0.382 e. The maximum absolute atomic E-state index is 11.9. The number of thiazole rings is 1. The molecule has 0 saturated heterocycles. The SMILES string of the molecule is N#Cc1cnc2c(N=Nc3nccs3)c(N)[nH]n2c1=O. The van der Waals surface area contributed by atoms with Gasteiger partial charge in [0.1, 0.15) is 17.5 Å². The van der Waals surface area contributed by atoms with Crippen molar-refractivity contribution in [1.82, 2.24) is 19.6 Å². The summed E-state index contributed by atoms with van der Waals surface area (Å²) < 4.78 is 1.06. The second kappa shape index (κ2) is 4.56. The van der Waals surface area contributed by atoms with Gasteiger partial charge in [-0.05, 0) is 0 Å². The fourth-order valence-corrected chi connectivity index (χ4v) is 2.01. The molecule has 0 aromatic carbocycles. The van der Waals surface area contributed by atoms with Crippen molar-refractivity contribution in [3.8, 4) is 6.07 Å². The first kappa shape index (κ1) is 12.0. The summed E-state index contributed by atoms with van der Waals surface area (Å²) in [7, 11) is 0. The minimum atomic E-state index is -0.542. The Balaban J connectivity index is 2.18. The highest BCUT2D eigenvalue weighted by Crippen LogP contribution is 2.27. The van der Waals surface area contributed by atoms with Crippen LogP contribution in [0.15, 0.2) is 32.8 Å². The molecule has 3 aromatic rings. The number of nitrogen functional groups attached to an aromatic ring is 1. The Morgan fingerprint density at radius 1 is 1.45 bits per heavy atom. The van der Waals surface area contributed by atoms with Gasteiger partial charge >= 0.3 is 0 Å². The minimum absolute atomic E-state index is 0.0906. The summed E-state index contributed by atoms with van der Waals surface area (Å²) >= 11 is 1.31. The third-order valence-electron chi connectivity index (χ3n) is 2.44. The van der Waals surface area contributed by atoms with E-state index in [0.29, 0.717) is 5.13 Å². The van der Waals surface area contributed by atoms with Gasteiger partial charge in [-0.25, -0.2) is 9.97 Å². The number of nitrogens with zero attached hydrogens (tertiary/aromatic N) is 6. The summed E-state index contributed by atoms with van der Waals surface area (Å²) in [6.07, 6.45) is 2.77. The fraction of sp³-hybridized carbons (Fsp3) is 0. The summed E-state index contributed by atoms with van der Waals surface area (Å²) in [5, 5.41) is 21.4. The number of aromatic amines is 1. The number of fused-ring (bicyclic) bond motifs is 1. The standard InChI is InChI=1S/C10H6N8OS/c11-3-5-4-14-8-6(7(12)17-18(8)9(5)19)15-16-10-13-1-2-20-10/h1-2,4,17H,12H2. The van der Waals surface area contributed by atoms with E-state index in [1.165, 1.54) is 17.5 Å². The van der Waals surface area contributed by atoms with Gasteiger partial charge < -0.3 is 5.73 Å². The van der Waals surface area contributed by atoms with E-state index in [0.717, 1.165) is 4.52 Å². The number of nitriles is 1. The van der Waals surface area contributed by atoms with Gasteiger partial charge in [-0.3, -0.25) is 9.89 Å². The van der Waals surface area contributed by atoms with Crippen LogP contribution in [0.25, 0.3) is 5.65 Å². The zero-order valence-corrected chi connectivity index (χ0v) is 10.6. The van der Waals surface area contributed by atoms with Crippen molar-refractivity contribution >= 4 is 33.6 Å². The van der Waals surface area contributed by atoms with Crippen molar-refractivity contribution in [2.45, 2.75) is 0 Å². The number of azo groups is 1. The first-order chi connectivity index (χ1) is 9.70. The van der Waals surface area contributed by atoms with Gasteiger partial charge in [0.05, 0.1) is 6.20 Å². The first-order valence-electron chi connectivity index (χ1n) is 5.31. The molecule has 0 atom stereocenters. The van der Waals surface area contributed by atoms with Crippen LogP contribution >= 0.6 is 11.3 Å². The number of nitrogens with one attached hydrogen (secondary N) is 1. The molecule has 0 aliphatic carbocycles. The Labute approximate surface area is 115 Å². The summed E-state index contributed by atoms with van der Waals surface area (Å²) in [5.41, 5.74) is 5.54. The van der Waals surface area contributed by atoms with Gasteiger partial charge in [0.25, 0.3) is 5.56 Å². The molecule has 0 amide bonds. The number of aromatic nitrogens is 4. The van der Waals surface area contributed by atoms with Crippen LogP contribution in [0, 0.1) is 11.3 Å². The molecule has 0 spiro atoms. The maximum atomic E-state index is 11.9. The van der Waals surface area contributed by atoms with E-state index in [2.05, 4.69) is 25.3 Å². The Morgan fingerprint density at radius 3 is 3.00 bits per heavy atom. The average molecular weight is 286 g/mol. The van der Waals surface area contributed by atoms with Gasteiger partial charge in [0.15, 0.2) is 11.3 Å². The third-order valence-corrected chi connectivity index (χ3v) is 3.09. The lowest BCUT2D eigenvalue weighted by atomic mass is 10.4. The molecule has 3 rings (SSSR count). The van der Waals surface area contributed by atoms with Gasteiger partial charge in [0.2, 0.25) is 5.13 Å². The molecule has 10 heteroatoms. The molecule has 98 valence electrons. The van der Waals surface area contributed by atoms with E-state index in [1.54, 1.807) is 17.6 Å². The van der Waals surface area contributed by atoms with E-state index >= 15 is 0 Å². The van der Waals surface area contributed by atoms with Crippen LogP contribution in [0.5, 0.6) is 0 Å². The third kappa shape index (κ3) is 1.82. The van der Waals surface area contributed by atoms with Gasteiger partial charge in [0, 0.05) is 11.6 Å². The Bertz CT molecular complexity index is 898. The molecule has 0 bridgehead atoms. The van der Waals surface area contributed by atoms with Crippen molar-refractivity contribution in [2.75, 3.05) is 5.73 Å². The van der Waals surface area contributed by atoms with Gasteiger partial charge in [-0.2, -0.15) is 9.78 Å². The van der Waals surface area contributed by atoms with Crippen molar-refractivity contribution in [3.05, 3.63) is 33.7 Å². The second-order valence-electron chi connectivity index (χ2n) is 3.64. The number of hydrogen-bond acceptors (Lipinski definition) is 8. The summed E-state index contributed by atoms with van der Waals surface area (Å²) in [5.74, 6) is 0.130. The average Bonchev–Trinajstić information content (AvgIpc) is 3.05. The minimum Gasteiger partial charge on any atom is -0.382 e. The fourth-order valence-electron chi connectivity index (χ4n) is 1.55. The van der Waals surface area contributed by atoms with E-state index in [1.807, 2.05) is 0 Å². The molecule has 3 aromatic heterocycles. The molecule has 0 fully saturated rings. The number of anilines is 1. The van der Waals surface area contributed by atoms with Crippen LogP contribution in [0.3, 0.4) is 0 Å². The quantitative estimate of drug-likeness (QED) is 0.685. The predicted octanol–water partition coefficient (Wildman–Crippen LogP) is 1.35. The summed E-state index contributed by atoms with van der Waals surface area (Å²) in [6, 6.07) is 1.75. The highest BCUT2D eigenvalue weighted by molar-refractivity contribution is 7.13. The van der Waals surface area contributed by atoms with Crippen molar-refractivity contribution < 1.29 is 0 Å². The maximum Gasteiger partial charge on any atom is 0.290 e. The Morgan fingerprint density at radius 2 is 2.30 bits per heavy atom. The van der Waals surface area contributed by atoms with E-state index in [-0.39, 0.29) is 22.7 Å². The lowest BCUT2D eigenvalue weighted by Crippen LogP contribution is -2.17. The molecule has 0 aliphatic heterocycles. The molecule has 9 nitrogen and oxygen atoms in total. The number of H-pyrrole nitrogens is 1. The smallest absolute Gasteiger partial charge is 0.290 e. The molecule has 0 aliphatic rings. The van der Waals surface area contributed by atoms with Crippen LogP contribution < -0.4 is 11.3 Å². The number of hydrogen-bond donors (Lipinski definition) is 2. The lowest BCUT2D eigenvalue weighted by Gasteiger charge is -1.92. The highest BCUT2D eigenvalue weighted by Gasteiger charge is 2.14. The van der Waals surface area contributed by atoms with Crippen LogP contribution in [-0.2, 0) is 0 Å². The normalized spacial score (nSPS) is 11.2. The van der Waals surface area contributed by atoms with Crippen LogP contribution in [0.1, 0.15) is 5.56 Å². The number of nitrogens with two attached hydrogens (primary N) is 1.